The summed E-state index contributed by atoms with van der Waals surface area (Å²) in [5.41, 5.74) is -1.47. The number of carbonyl (C=O) groups excluding carboxylic acids is 1. The Morgan fingerprint density at radius 3 is 2.52 bits per heavy atom. The fourth-order valence-electron chi connectivity index (χ4n) is 3.21. The van der Waals surface area contributed by atoms with Crippen molar-refractivity contribution in [2.24, 2.45) is 0 Å². The van der Waals surface area contributed by atoms with Crippen molar-refractivity contribution in [3.8, 4) is 0 Å². The first kappa shape index (κ1) is 22.9. The van der Waals surface area contributed by atoms with Crippen LogP contribution in [-0.2, 0) is 15.7 Å². The Labute approximate surface area is 166 Å². The number of hydrogen-bond donors (Lipinski definition) is 1. The molecule has 0 saturated carbocycles. The number of methoxy groups -OCH3 is 1. The molecule has 0 aromatic heterocycles. The predicted molar refractivity (Wildman–Crippen MR) is 101 cm³/mol. The summed E-state index contributed by atoms with van der Waals surface area (Å²) in [6.07, 6.45) is -3.94. The van der Waals surface area contributed by atoms with E-state index in [0.717, 1.165) is 12.1 Å². The van der Waals surface area contributed by atoms with Gasteiger partial charge in [-0.15, -0.1) is 0 Å². The minimum atomic E-state index is -4.64. The quantitative estimate of drug-likeness (QED) is 0.396. The molecule has 1 amide bonds. The maximum absolute atomic E-state index is 12.9. The van der Waals surface area contributed by atoms with Gasteiger partial charge in [0.05, 0.1) is 16.5 Å². The van der Waals surface area contributed by atoms with E-state index in [0.29, 0.717) is 51.8 Å². The average molecular weight is 418 g/mol. The first-order valence-corrected chi connectivity index (χ1v) is 9.26. The number of piperazine rings is 1. The smallest absolute Gasteiger partial charge is 0.385 e. The summed E-state index contributed by atoms with van der Waals surface area (Å²) < 4.78 is 43.5. The maximum atomic E-state index is 12.9. The van der Waals surface area contributed by atoms with Crippen molar-refractivity contribution in [3.63, 3.8) is 0 Å². The van der Waals surface area contributed by atoms with E-state index in [-0.39, 0.29) is 17.6 Å². The minimum absolute atomic E-state index is 0.116. The fourth-order valence-corrected chi connectivity index (χ4v) is 3.21. The maximum Gasteiger partial charge on any atom is 0.416 e. The molecule has 2 rings (SSSR count). The van der Waals surface area contributed by atoms with Gasteiger partial charge in [-0.3, -0.25) is 19.8 Å². The number of ether oxygens (including phenoxy) is 1. The monoisotopic (exact) mass is 418 g/mol. The Bertz CT molecular complexity index is 722. The van der Waals surface area contributed by atoms with Crippen molar-refractivity contribution in [3.05, 3.63) is 33.9 Å². The van der Waals surface area contributed by atoms with Gasteiger partial charge in [0, 0.05) is 52.5 Å². The number of anilines is 1. The molecule has 8 nitrogen and oxygen atoms in total. The van der Waals surface area contributed by atoms with Gasteiger partial charge >= 0.3 is 6.18 Å². The van der Waals surface area contributed by atoms with Crippen molar-refractivity contribution in [1.29, 1.82) is 0 Å². The third kappa shape index (κ3) is 6.04. The highest BCUT2D eigenvalue weighted by Crippen LogP contribution is 2.36. The molecule has 1 aliphatic rings. The van der Waals surface area contributed by atoms with Gasteiger partial charge in [-0.05, 0) is 25.5 Å². The number of halogens is 3. The highest BCUT2D eigenvalue weighted by Gasteiger charge is 2.34. The van der Waals surface area contributed by atoms with Crippen molar-refractivity contribution in [2.45, 2.75) is 25.6 Å². The molecule has 1 fully saturated rings. The third-order valence-electron chi connectivity index (χ3n) is 4.91. The van der Waals surface area contributed by atoms with Gasteiger partial charge in [-0.25, -0.2) is 0 Å². The van der Waals surface area contributed by atoms with Crippen LogP contribution in [0, 0.1) is 10.1 Å². The van der Waals surface area contributed by atoms with Crippen LogP contribution in [0.1, 0.15) is 18.9 Å². The molecule has 1 aromatic carbocycles. The SMILES string of the molecule is COCCCNC(=O)C(C)N1CCN(c2ccc(C(F)(F)F)cc2[N+](=O)[O-])CC1. The van der Waals surface area contributed by atoms with Crippen LogP contribution in [0.15, 0.2) is 18.2 Å². The molecule has 1 unspecified atom stereocenters. The average Bonchev–Trinajstić information content (AvgIpc) is 2.69. The molecule has 1 atom stereocenters. The fraction of sp³-hybridized carbons (Fsp3) is 0.611. The van der Waals surface area contributed by atoms with Crippen molar-refractivity contribution >= 4 is 17.3 Å². The Balaban J connectivity index is 2.00. The summed E-state index contributed by atoms with van der Waals surface area (Å²) >= 11 is 0. The zero-order valence-electron chi connectivity index (χ0n) is 16.4. The molecule has 0 aliphatic carbocycles. The number of nitrogens with zero attached hydrogens (tertiary/aromatic N) is 3. The Morgan fingerprint density at radius 1 is 1.31 bits per heavy atom. The van der Waals surface area contributed by atoms with E-state index in [2.05, 4.69) is 5.32 Å². The number of nitro groups is 1. The molecule has 0 spiro atoms. The van der Waals surface area contributed by atoms with Crippen LogP contribution < -0.4 is 10.2 Å². The van der Waals surface area contributed by atoms with Crippen LogP contribution in [0.2, 0.25) is 0 Å². The Morgan fingerprint density at radius 2 is 1.97 bits per heavy atom. The summed E-state index contributed by atoms with van der Waals surface area (Å²) in [5, 5.41) is 14.1. The summed E-state index contributed by atoms with van der Waals surface area (Å²) in [7, 11) is 1.59. The first-order chi connectivity index (χ1) is 13.6. The van der Waals surface area contributed by atoms with Crippen LogP contribution in [-0.4, -0.2) is 68.2 Å². The summed E-state index contributed by atoms with van der Waals surface area (Å²) in [6.45, 7) is 4.51. The van der Waals surface area contributed by atoms with Gasteiger partial charge in [0.2, 0.25) is 5.91 Å². The van der Waals surface area contributed by atoms with Crippen LogP contribution in [0.25, 0.3) is 0 Å². The minimum Gasteiger partial charge on any atom is -0.385 e. The highest BCUT2D eigenvalue weighted by atomic mass is 19.4. The first-order valence-electron chi connectivity index (χ1n) is 9.26. The van der Waals surface area contributed by atoms with Gasteiger partial charge in [-0.1, -0.05) is 0 Å². The lowest BCUT2D eigenvalue weighted by Gasteiger charge is -2.38. The second-order valence-corrected chi connectivity index (χ2v) is 6.79. The number of hydrogen-bond acceptors (Lipinski definition) is 6. The van der Waals surface area contributed by atoms with Gasteiger partial charge < -0.3 is 15.0 Å². The molecule has 0 radical (unpaired) electrons. The summed E-state index contributed by atoms with van der Waals surface area (Å²) in [5.74, 6) is -0.116. The molecule has 1 aliphatic heterocycles. The summed E-state index contributed by atoms with van der Waals surface area (Å²) in [4.78, 5) is 26.3. The molecule has 162 valence electrons. The van der Waals surface area contributed by atoms with E-state index < -0.39 is 22.4 Å². The molecule has 1 heterocycles. The number of alkyl halides is 3. The van der Waals surface area contributed by atoms with E-state index in [1.54, 1.807) is 18.9 Å². The second-order valence-electron chi connectivity index (χ2n) is 6.79. The lowest BCUT2D eigenvalue weighted by molar-refractivity contribution is -0.384. The molecule has 11 heteroatoms. The van der Waals surface area contributed by atoms with Gasteiger partial charge in [0.15, 0.2) is 0 Å². The Hall–Kier alpha value is -2.40. The molecule has 1 saturated heterocycles. The molecule has 1 N–H and O–H groups in total. The molecular weight excluding hydrogens is 393 g/mol. The topological polar surface area (TPSA) is 88.0 Å². The van der Waals surface area contributed by atoms with Crippen LogP contribution in [0.5, 0.6) is 0 Å². The lowest BCUT2D eigenvalue weighted by atomic mass is 10.1. The lowest BCUT2D eigenvalue weighted by Crippen LogP contribution is -2.54. The highest BCUT2D eigenvalue weighted by molar-refractivity contribution is 5.81. The van der Waals surface area contributed by atoms with Crippen molar-refractivity contribution in [2.75, 3.05) is 51.3 Å². The molecule has 29 heavy (non-hydrogen) atoms. The van der Waals surface area contributed by atoms with E-state index in [4.69, 9.17) is 4.74 Å². The van der Waals surface area contributed by atoms with E-state index in [9.17, 15) is 28.1 Å². The van der Waals surface area contributed by atoms with Crippen LogP contribution >= 0.6 is 0 Å². The molecule has 0 bridgehead atoms. The number of rotatable bonds is 8. The van der Waals surface area contributed by atoms with E-state index in [1.165, 1.54) is 0 Å². The molecular formula is C18H25F3N4O4. The zero-order chi connectivity index (χ0) is 21.6. The normalized spacial score (nSPS) is 16.5. The van der Waals surface area contributed by atoms with Crippen molar-refractivity contribution in [1.82, 2.24) is 10.2 Å². The third-order valence-corrected chi connectivity index (χ3v) is 4.91. The standard InChI is InChI=1S/C18H25F3N4O4/c1-13(17(26)22-6-3-11-29-2)23-7-9-24(10-8-23)15-5-4-14(18(19,20)21)12-16(15)25(27)28/h4-5,12-13H,3,6-11H2,1-2H3,(H,22,26). The second kappa shape index (κ2) is 9.88. The van der Waals surface area contributed by atoms with E-state index >= 15 is 0 Å². The van der Waals surface area contributed by atoms with Gasteiger partial charge in [-0.2, -0.15) is 13.2 Å². The summed E-state index contributed by atoms with van der Waals surface area (Å²) in [6, 6.07) is 2.19. The number of nitro benzene ring substituents is 1. The molecule has 1 aromatic rings. The van der Waals surface area contributed by atoms with Crippen LogP contribution in [0.4, 0.5) is 24.5 Å². The van der Waals surface area contributed by atoms with Crippen molar-refractivity contribution < 1.29 is 27.6 Å². The van der Waals surface area contributed by atoms with Gasteiger partial charge in [0.25, 0.3) is 5.69 Å². The number of benzene rings is 1. The van der Waals surface area contributed by atoms with Gasteiger partial charge in [0.1, 0.15) is 5.69 Å². The van der Waals surface area contributed by atoms with Crippen LogP contribution in [0.3, 0.4) is 0 Å². The predicted octanol–water partition coefficient (Wildman–Crippen LogP) is 2.28. The van der Waals surface area contributed by atoms with E-state index in [1.807, 2.05) is 4.90 Å². The Kier molecular flexibility index (Phi) is 7.80. The number of carbonyl (C=O) groups is 1. The largest absolute Gasteiger partial charge is 0.416 e. The number of nitrogens with one attached hydrogen (secondary N) is 1. The zero-order valence-corrected chi connectivity index (χ0v) is 16.4. The number of amides is 1.